The molecule has 0 unspecified atom stereocenters. The average Bonchev–Trinajstić information content (AvgIpc) is 2.12. The number of halogens is 7. The SMILES string of the molecule is NC(=O)c1ccc(C(F)(F)F)c(C(F)(F)F)c1Cl. The lowest BCUT2D eigenvalue weighted by molar-refractivity contribution is -0.162. The number of hydrogen-bond donors (Lipinski definition) is 1. The summed E-state index contributed by atoms with van der Waals surface area (Å²) in [5.41, 5.74) is -0.194. The van der Waals surface area contributed by atoms with Gasteiger partial charge < -0.3 is 5.73 Å². The Kier molecular flexibility index (Phi) is 3.53. The lowest BCUT2D eigenvalue weighted by Gasteiger charge is -2.17. The highest BCUT2D eigenvalue weighted by Gasteiger charge is 2.45. The minimum atomic E-state index is -5.35. The first-order valence-corrected chi connectivity index (χ1v) is 4.60. The summed E-state index contributed by atoms with van der Waals surface area (Å²) < 4.78 is 74.9. The molecular formula is C9H4ClF6NO. The summed E-state index contributed by atoms with van der Waals surface area (Å²) in [6, 6.07) is 0.623. The van der Waals surface area contributed by atoms with Gasteiger partial charge in [-0.2, -0.15) is 26.3 Å². The van der Waals surface area contributed by atoms with E-state index >= 15 is 0 Å². The first kappa shape index (κ1) is 14.6. The van der Waals surface area contributed by atoms with Crippen LogP contribution < -0.4 is 5.73 Å². The fraction of sp³-hybridized carbons (Fsp3) is 0.222. The Morgan fingerprint density at radius 1 is 1.06 bits per heavy atom. The van der Waals surface area contributed by atoms with E-state index in [2.05, 4.69) is 0 Å². The fourth-order valence-electron chi connectivity index (χ4n) is 1.28. The summed E-state index contributed by atoms with van der Waals surface area (Å²) in [7, 11) is 0. The Bertz CT molecular complexity index is 493. The molecule has 1 aromatic rings. The van der Waals surface area contributed by atoms with Crippen molar-refractivity contribution in [2.75, 3.05) is 0 Å². The van der Waals surface area contributed by atoms with Crippen LogP contribution in [0.1, 0.15) is 21.5 Å². The first-order valence-electron chi connectivity index (χ1n) is 4.23. The molecule has 1 rings (SSSR count). The predicted octanol–water partition coefficient (Wildman–Crippen LogP) is 3.48. The van der Waals surface area contributed by atoms with E-state index in [1.54, 1.807) is 0 Å². The molecule has 0 atom stereocenters. The van der Waals surface area contributed by atoms with E-state index in [0.29, 0.717) is 6.07 Å². The molecule has 9 heteroatoms. The van der Waals surface area contributed by atoms with Gasteiger partial charge >= 0.3 is 12.4 Å². The maximum atomic E-state index is 12.5. The monoisotopic (exact) mass is 291 g/mol. The van der Waals surface area contributed by atoms with E-state index in [0.717, 1.165) is 0 Å². The molecule has 0 aliphatic rings. The third-order valence-corrected chi connectivity index (χ3v) is 2.39. The number of primary amides is 1. The van der Waals surface area contributed by atoms with Gasteiger partial charge in [0.1, 0.15) is 0 Å². The number of hydrogen-bond acceptors (Lipinski definition) is 1. The number of amides is 1. The van der Waals surface area contributed by atoms with Gasteiger partial charge in [-0.25, -0.2) is 0 Å². The Morgan fingerprint density at radius 3 is 1.89 bits per heavy atom. The van der Waals surface area contributed by atoms with Gasteiger partial charge in [-0.05, 0) is 12.1 Å². The van der Waals surface area contributed by atoms with Gasteiger partial charge in [0.25, 0.3) is 0 Å². The third-order valence-electron chi connectivity index (χ3n) is 2.00. The predicted molar refractivity (Wildman–Crippen MR) is 50.0 cm³/mol. The lowest BCUT2D eigenvalue weighted by atomic mass is 10.0. The van der Waals surface area contributed by atoms with Crippen molar-refractivity contribution in [3.8, 4) is 0 Å². The summed E-state index contributed by atoms with van der Waals surface area (Å²) >= 11 is 5.18. The molecule has 0 heterocycles. The second kappa shape index (κ2) is 4.34. The molecule has 100 valence electrons. The van der Waals surface area contributed by atoms with Crippen molar-refractivity contribution < 1.29 is 31.1 Å². The molecule has 0 saturated heterocycles. The Hall–Kier alpha value is -1.44. The van der Waals surface area contributed by atoms with Crippen LogP contribution in [0.2, 0.25) is 5.02 Å². The van der Waals surface area contributed by atoms with E-state index < -0.39 is 40.0 Å². The first-order chi connectivity index (χ1) is 7.96. The topological polar surface area (TPSA) is 43.1 Å². The van der Waals surface area contributed by atoms with Crippen molar-refractivity contribution >= 4 is 17.5 Å². The van der Waals surface area contributed by atoms with Crippen LogP contribution in [0.4, 0.5) is 26.3 Å². The third kappa shape index (κ3) is 2.69. The van der Waals surface area contributed by atoms with Crippen LogP contribution in [0, 0.1) is 0 Å². The number of nitrogens with two attached hydrogens (primary N) is 1. The minimum Gasteiger partial charge on any atom is -0.366 e. The molecule has 0 radical (unpaired) electrons. The van der Waals surface area contributed by atoms with Gasteiger partial charge in [-0.1, -0.05) is 11.6 Å². The van der Waals surface area contributed by atoms with Crippen molar-refractivity contribution in [3.05, 3.63) is 33.8 Å². The molecule has 0 aliphatic heterocycles. The van der Waals surface area contributed by atoms with Crippen molar-refractivity contribution in [2.45, 2.75) is 12.4 Å². The maximum Gasteiger partial charge on any atom is 0.418 e. The summed E-state index contributed by atoms with van der Waals surface area (Å²) in [5, 5.41) is -1.36. The molecule has 0 aromatic heterocycles. The highest BCUT2D eigenvalue weighted by Crippen LogP contribution is 2.44. The zero-order chi connectivity index (χ0) is 14.3. The summed E-state index contributed by atoms with van der Waals surface area (Å²) in [6.45, 7) is 0. The zero-order valence-electron chi connectivity index (χ0n) is 8.29. The molecule has 0 spiro atoms. The molecule has 0 aliphatic carbocycles. The van der Waals surface area contributed by atoms with Gasteiger partial charge in [-0.15, -0.1) is 0 Å². The number of rotatable bonds is 1. The van der Waals surface area contributed by atoms with Crippen LogP contribution in [0.3, 0.4) is 0 Å². The minimum absolute atomic E-state index is 0.120. The van der Waals surface area contributed by atoms with Gasteiger partial charge in [0.2, 0.25) is 5.91 Å². The fourth-order valence-corrected chi connectivity index (χ4v) is 1.64. The second-order valence-electron chi connectivity index (χ2n) is 3.21. The van der Waals surface area contributed by atoms with Crippen LogP contribution in [0.25, 0.3) is 0 Å². The van der Waals surface area contributed by atoms with Crippen molar-refractivity contribution in [2.24, 2.45) is 5.73 Å². The Balaban J connectivity index is 3.69. The van der Waals surface area contributed by atoms with Gasteiger partial charge in [-0.3, -0.25) is 4.79 Å². The van der Waals surface area contributed by atoms with E-state index in [-0.39, 0.29) is 6.07 Å². The number of alkyl halides is 6. The number of benzene rings is 1. The Morgan fingerprint density at radius 2 is 1.56 bits per heavy atom. The molecular weight excluding hydrogens is 288 g/mol. The van der Waals surface area contributed by atoms with Gasteiger partial charge in [0.15, 0.2) is 0 Å². The highest BCUT2D eigenvalue weighted by atomic mass is 35.5. The molecule has 0 bridgehead atoms. The van der Waals surface area contributed by atoms with Gasteiger partial charge in [0.05, 0.1) is 21.7 Å². The van der Waals surface area contributed by atoms with Crippen LogP contribution in [0.5, 0.6) is 0 Å². The van der Waals surface area contributed by atoms with E-state index in [1.807, 2.05) is 0 Å². The second-order valence-corrected chi connectivity index (χ2v) is 3.59. The van der Waals surface area contributed by atoms with Gasteiger partial charge in [0, 0.05) is 0 Å². The number of carbonyl (C=O) groups is 1. The largest absolute Gasteiger partial charge is 0.418 e. The quantitative estimate of drug-likeness (QED) is 0.791. The normalized spacial score (nSPS) is 12.6. The van der Waals surface area contributed by atoms with Crippen LogP contribution in [0.15, 0.2) is 12.1 Å². The van der Waals surface area contributed by atoms with Crippen LogP contribution >= 0.6 is 11.6 Å². The smallest absolute Gasteiger partial charge is 0.366 e. The molecule has 2 N–H and O–H groups in total. The maximum absolute atomic E-state index is 12.5. The van der Waals surface area contributed by atoms with E-state index in [9.17, 15) is 31.1 Å². The van der Waals surface area contributed by atoms with Crippen molar-refractivity contribution in [1.82, 2.24) is 0 Å². The van der Waals surface area contributed by atoms with E-state index in [4.69, 9.17) is 17.3 Å². The standard InChI is InChI=1S/C9H4ClF6NO/c10-6-3(7(17)18)1-2-4(8(11,12)13)5(6)9(14,15)16/h1-2H,(H2,17,18). The zero-order valence-corrected chi connectivity index (χ0v) is 9.04. The average molecular weight is 292 g/mol. The number of carbonyl (C=O) groups excluding carboxylic acids is 1. The highest BCUT2D eigenvalue weighted by molar-refractivity contribution is 6.34. The van der Waals surface area contributed by atoms with Crippen LogP contribution in [-0.2, 0) is 12.4 Å². The molecule has 1 amide bonds. The molecule has 1 aromatic carbocycles. The molecule has 0 saturated carbocycles. The summed E-state index contributed by atoms with van der Waals surface area (Å²) in [6.07, 6.45) is -10.6. The van der Waals surface area contributed by atoms with E-state index in [1.165, 1.54) is 0 Å². The lowest BCUT2D eigenvalue weighted by Crippen LogP contribution is -2.20. The summed E-state index contributed by atoms with van der Waals surface area (Å²) in [5.74, 6) is -1.35. The van der Waals surface area contributed by atoms with Crippen molar-refractivity contribution in [1.29, 1.82) is 0 Å². The van der Waals surface area contributed by atoms with Crippen molar-refractivity contribution in [3.63, 3.8) is 0 Å². The Labute approximate surface area is 101 Å². The molecule has 18 heavy (non-hydrogen) atoms. The molecule has 2 nitrogen and oxygen atoms in total. The van der Waals surface area contributed by atoms with Crippen LogP contribution in [-0.4, -0.2) is 5.91 Å². The molecule has 0 fully saturated rings. The summed E-state index contributed by atoms with van der Waals surface area (Å²) in [4.78, 5) is 10.8.